The van der Waals surface area contributed by atoms with Crippen molar-refractivity contribution in [3.8, 4) is 0 Å². The van der Waals surface area contributed by atoms with Gasteiger partial charge in [0.2, 0.25) is 5.91 Å². The number of carbonyl (C=O) groups excluding carboxylic acids is 1. The van der Waals surface area contributed by atoms with E-state index in [0.29, 0.717) is 13.0 Å². The zero-order chi connectivity index (χ0) is 17.7. The van der Waals surface area contributed by atoms with Crippen molar-refractivity contribution in [2.45, 2.75) is 32.0 Å². The minimum atomic E-state index is -4.33. The Kier molecular flexibility index (Phi) is 6.23. The third-order valence-corrected chi connectivity index (χ3v) is 4.60. The fourth-order valence-electron chi connectivity index (χ4n) is 3.20. The Morgan fingerprint density at radius 2 is 2.04 bits per heavy atom. The summed E-state index contributed by atoms with van der Waals surface area (Å²) in [5.74, 6) is -2.65. The number of halogens is 3. The Morgan fingerprint density at radius 1 is 1.33 bits per heavy atom. The molecule has 134 valence electrons. The van der Waals surface area contributed by atoms with E-state index in [9.17, 15) is 23.1 Å². The number of nitrogens with zero attached hydrogens (tertiary/aromatic N) is 1. The van der Waals surface area contributed by atoms with Gasteiger partial charge in [0.1, 0.15) is 0 Å². The summed E-state index contributed by atoms with van der Waals surface area (Å²) in [7, 11) is 0. The number of rotatable bonds is 5. The van der Waals surface area contributed by atoms with Crippen molar-refractivity contribution in [2.24, 2.45) is 17.6 Å². The Hall–Kier alpha value is -1.60. The third kappa shape index (κ3) is 4.70. The van der Waals surface area contributed by atoms with Gasteiger partial charge in [-0.1, -0.05) is 24.3 Å². The molecule has 0 radical (unpaired) electrons. The van der Waals surface area contributed by atoms with Crippen LogP contribution < -0.4 is 5.73 Å². The minimum absolute atomic E-state index is 0.0393. The lowest BCUT2D eigenvalue weighted by atomic mass is 9.85. The lowest BCUT2D eigenvalue weighted by Crippen LogP contribution is -2.49. The molecule has 1 fully saturated rings. The molecule has 4 nitrogen and oxygen atoms in total. The molecule has 1 saturated heterocycles. The highest BCUT2D eigenvalue weighted by Crippen LogP contribution is 2.37. The summed E-state index contributed by atoms with van der Waals surface area (Å²) in [6.07, 6.45) is -3.72. The highest BCUT2D eigenvalue weighted by atomic mass is 19.4. The molecule has 2 atom stereocenters. The number of alkyl halides is 3. The molecule has 1 aromatic carbocycles. The largest absolute Gasteiger partial charge is 0.396 e. The van der Waals surface area contributed by atoms with Gasteiger partial charge < -0.3 is 15.7 Å². The molecule has 0 saturated carbocycles. The predicted octanol–water partition coefficient (Wildman–Crippen LogP) is 2.10. The smallest absolute Gasteiger partial charge is 0.392 e. The van der Waals surface area contributed by atoms with Crippen molar-refractivity contribution in [1.82, 2.24) is 4.90 Å². The molecule has 0 bridgehead atoms. The van der Waals surface area contributed by atoms with Crippen LogP contribution in [0.25, 0.3) is 0 Å². The van der Waals surface area contributed by atoms with Crippen LogP contribution in [0.5, 0.6) is 0 Å². The van der Waals surface area contributed by atoms with Gasteiger partial charge >= 0.3 is 6.18 Å². The van der Waals surface area contributed by atoms with Crippen LogP contribution in [0, 0.1) is 11.8 Å². The first-order valence-electron chi connectivity index (χ1n) is 8.08. The Labute approximate surface area is 139 Å². The molecule has 1 aromatic rings. The van der Waals surface area contributed by atoms with E-state index >= 15 is 0 Å². The second-order valence-corrected chi connectivity index (χ2v) is 6.24. The van der Waals surface area contributed by atoms with E-state index < -0.39 is 24.6 Å². The quantitative estimate of drug-likeness (QED) is 0.860. The zero-order valence-corrected chi connectivity index (χ0v) is 13.4. The van der Waals surface area contributed by atoms with Gasteiger partial charge in [0, 0.05) is 38.6 Å². The maximum absolute atomic E-state index is 12.9. The Morgan fingerprint density at radius 3 is 2.67 bits per heavy atom. The predicted molar refractivity (Wildman–Crippen MR) is 84.0 cm³/mol. The van der Waals surface area contributed by atoms with E-state index in [1.54, 1.807) is 0 Å². The first-order valence-corrected chi connectivity index (χ1v) is 8.08. The van der Waals surface area contributed by atoms with E-state index in [1.807, 2.05) is 24.3 Å². The van der Waals surface area contributed by atoms with Crippen molar-refractivity contribution >= 4 is 5.91 Å². The fraction of sp³-hybridized carbons (Fsp3) is 0.588. The molecule has 1 aliphatic heterocycles. The van der Waals surface area contributed by atoms with Crippen molar-refractivity contribution < 1.29 is 23.1 Å². The number of hydrogen-bond acceptors (Lipinski definition) is 3. The second-order valence-electron chi connectivity index (χ2n) is 6.24. The molecule has 3 N–H and O–H groups in total. The molecule has 0 aliphatic carbocycles. The molecule has 0 aromatic heterocycles. The average Bonchev–Trinajstić information content (AvgIpc) is 2.58. The third-order valence-electron chi connectivity index (χ3n) is 4.60. The highest BCUT2D eigenvalue weighted by Gasteiger charge is 2.47. The number of aliphatic hydroxyl groups excluding tert-OH is 1. The topological polar surface area (TPSA) is 66.6 Å². The van der Waals surface area contributed by atoms with Crippen LogP contribution in [-0.4, -0.2) is 41.8 Å². The molecule has 1 aliphatic rings. The van der Waals surface area contributed by atoms with Gasteiger partial charge in [0.05, 0.1) is 5.92 Å². The number of nitrogens with two attached hydrogens (primary N) is 1. The number of likely N-dealkylation sites (tertiary alicyclic amines) is 1. The molecule has 2 rings (SSSR count). The van der Waals surface area contributed by atoms with Crippen LogP contribution in [0.2, 0.25) is 0 Å². The van der Waals surface area contributed by atoms with Crippen molar-refractivity contribution in [2.75, 3.05) is 19.7 Å². The van der Waals surface area contributed by atoms with Gasteiger partial charge in [-0.15, -0.1) is 0 Å². The number of hydrogen-bond donors (Lipinski definition) is 2. The number of carbonyl (C=O) groups is 1. The van der Waals surface area contributed by atoms with Gasteiger partial charge in [-0.05, 0) is 24.0 Å². The Bertz CT molecular complexity index is 563. The molecular formula is C17H23F3N2O2. The number of amides is 1. The zero-order valence-electron chi connectivity index (χ0n) is 13.4. The summed E-state index contributed by atoms with van der Waals surface area (Å²) in [5, 5.41) is 9.24. The van der Waals surface area contributed by atoms with Crippen molar-refractivity contribution in [3.05, 3.63) is 35.4 Å². The van der Waals surface area contributed by atoms with Crippen LogP contribution in [-0.2, 0) is 17.8 Å². The van der Waals surface area contributed by atoms with Gasteiger partial charge in [-0.2, -0.15) is 13.2 Å². The van der Waals surface area contributed by atoms with Crippen LogP contribution in [0.4, 0.5) is 13.2 Å². The van der Waals surface area contributed by atoms with E-state index in [0.717, 1.165) is 11.1 Å². The van der Waals surface area contributed by atoms with E-state index in [2.05, 4.69) is 0 Å². The summed E-state index contributed by atoms with van der Waals surface area (Å²) in [6, 6.07) is 7.61. The van der Waals surface area contributed by atoms with Crippen LogP contribution in [0.3, 0.4) is 0 Å². The van der Waals surface area contributed by atoms with Crippen LogP contribution in [0.15, 0.2) is 24.3 Å². The molecule has 1 heterocycles. The van der Waals surface area contributed by atoms with Gasteiger partial charge in [-0.25, -0.2) is 0 Å². The summed E-state index contributed by atoms with van der Waals surface area (Å²) >= 11 is 0. The first kappa shape index (κ1) is 18.7. The van der Waals surface area contributed by atoms with Gasteiger partial charge in [0.15, 0.2) is 0 Å². The highest BCUT2D eigenvalue weighted by molar-refractivity contribution is 5.76. The SMILES string of the molecule is NCc1cccc(CCC(=O)N2CCC(C(F)(F)F)C(CO)C2)c1. The van der Waals surface area contributed by atoms with Crippen LogP contribution >= 0.6 is 0 Å². The number of aliphatic hydroxyl groups is 1. The van der Waals surface area contributed by atoms with Crippen LogP contribution in [0.1, 0.15) is 24.0 Å². The summed E-state index contributed by atoms with van der Waals surface area (Å²) in [5.41, 5.74) is 7.54. The molecular weight excluding hydrogens is 321 g/mol. The number of benzene rings is 1. The van der Waals surface area contributed by atoms with Crippen molar-refractivity contribution in [1.29, 1.82) is 0 Å². The lowest BCUT2D eigenvalue weighted by Gasteiger charge is -2.38. The average molecular weight is 344 g/mol. The minimum Gasteiger partial charge on any atom is -0.396 e. The van der Waals surface area contributed by atoms with Crippen molar-refractivity contribution in [3.63, 3.8) is 0 Å². The molecule has 24 heavy (non-hydrogen) atoms. The summed E-state index contributed by atoms with van der Waals surface area (Å²) in [6.45, 7) is -0.0951. The summed E-state index contributed by atoms with van der Waals surface area (Å²) in [4.78, 5) is 13.7. The maximum Gasteiger partial charge on any atom is 0.392 e. The first-order chi connectivity index (χ1) is 11.3. The second kappa shape index (κ2) is 7.98. The van der Waals surface area contributed by atoms with E-state index in [-0.39, 0.29) is 31.8 Å². The number of piperidine rings is 1. The molecule has 2 unspecified atom stereocenters. The molecule has 7 heteroatoms. The lowest BCUT2D eigenvalue weighted by molar-refractivity contribution is -0.205. The maximum atomic E-state index is 12.9. The monoisotopic (exact) mass is 344 g/mol. The number of aryl methyl sites for hydroxylation is 1. The fourth-order valence-corrected chi connectivity index (χ4v) is 3.20. The van der Waals surface area contributed by atoms with Gasteiger partial charge in [0.25, 0.3) is 0 Å². The summed E-state index contributed by atoms with van der Waals surface area (Å²) < 4.78 is 38.8. The molecule has 0 spiro atoms. The molecule has 1 amide bonds. The standard InChI is InChI=1S/C17H23F3N2O2/c18-17(19,20)15-6-7-22(10-14(15)11-23)16(24)5-4-12-2-1-3-13(8-12)9-21/h1-3,8,14-15,23H,4-7,9-11,21H2. The van der Waals surface area contributed by atoms with E-state index in [4.69, 9.17) is 5.73 Å². The Balaban J connectivity index is 1.91. The van der Waals surface area contributed by atoms with Gasteiger partial charge in [-0.3, -0.25) is 4.79 Å². The van der Waals surface area contributed by atoms with E-state index in [1.165, 1.54) is 4.90 Å². The normalized spacial score (nSPS) is 21.8.